The Balaban J connectivity index is 2.16. The quantitative estimate of drug-likeness (QED) is 0.858. The monoisotopic (exact) mass is 279 g/mol. The number of rotatable bonds is 4. The molecule has 6 heteroatoms. The molecular formula is C14H25N5O. The van der Waals surface area contributed by atoms with Crippen molar-refractivity contribution < 1.29 is 5.11 Å². The largest absolute Gasteiger partial charge is 0.387 e. The van der Waals surface area contributed by atoms with Crippen molar-refractivity contribution in [2.45, 2.75) is 18.9 Å². The molecule has 1 N–H and O–H groups in total. The molecule has 2 heterocycles. The Kier molecular flexibility index (Phi) is 4.15. The molecule has 112 valence electrons. The molecule has 0 amide bonds. The van der Waals surface area contributed by atoms with Gasteiger partial charge in [-0.3, -0.25) is 0 Å². The number of β-amino-alcohol motifs (C(OH)–C–C–N with tert-alkyl or cyclic N) is 1. The number of anilines is 2. The summed E-state index contributed by atoms with van der Waals surface area (Å²) in [7, 11) is 7.91. The average molecular weight is 279 g/mol. The average Bonchev–Trinajstić information content (AvgIpc) is 2.70. The van der Waals surface area contributed by atoms with E-state index in [9.17, 15) is 5.11 Å². The van der Waals surface area contributed by atoms with Crippen LogP contribution < -0.4 is 9.80 Å². The van der Waals surface area contributed by atoms with Crippen molar-refractivity contribution in [3.05, 3.63) is 11.8 Å². The molecule has 1 aromatic rings. The van der Waals surface area contributed by atoms with Gasteiger partial charge in [0.15, 0.2) is 0 Å². The minimum Gasteiger partial charge on any atom is -0.387 e. The molecule has 1 saturated heterocycles. The van der Waals surface area contributed by atoms with Gasteiger partial charge in [-0.15, -0.1) is 0 Å². The molecule has 6 nitrogen and oxygen atoms in total. The van der Waals surface area contributed by atoms with E-state index >= 15 is 0 Å². The molecular weight excluding hydrogens is 254 g/mol. The lowest BCUT2D eigenvalue weighted by Crippen LogP contribution is -2.42. The second-order valence-corrected chi connectivity index (χ2v) is 6.20. The summed E-state index contributed by atoms with van der Waals surface area (Å²) in [4.78, 5) is 15.1. The Morgan fingerprint density at radius 1 is 1.35 bits per heavy atom. The van der Waals surface area contributed by atoms with Crippen molar-refractivity contribution in [2.24, 2.45) is 0 Å². The Labute approximate surface area is 121 Å². The molecule has 0 aromatic carbocycles. The lowest BCUT2D eigenvalue weighted by molar-refractivity contribution is 0.0365. The van der Waals surface area contributed by atoms with E-state index in [1.807, 2.05) is 51.1 Å². The van der Waals surface area contributed by atoms with Gasteiger partial charge in [-0.25, -0.2) is 4.98 Å². The Morgan fingerprint density at radius 2 is 2.05 bits per heavy atom. The van der Waals surface area contributed by atoms with Crippen LogP contribution in [0.25, 0.3) is 0 Å². The van der Waals surface area contributed by atoms with Crippen LogP contribution in [0.4, 0.5) is 11.8 Å². The highest BCUT2D eigenvalue weighted by atomic mass is 16.3. The van der Waals surface area contributed by atoms with Gasteiger partial charge in [-0.1, -0.05) is 0 Å². The standard InChI is InChI=1S/C14H25N5O/c1-11-8-15-13(16-12(11)18(4)5)19-7-6-14(20,10-19)9-17(2)3/h8,20H,6-7,9-10H2,1-5H3/t14-/m1/s1. The highest BCUT2D eigenvalue weighted by molar-refractivity contribution is 5.49. The van der Waals surface area contributed by atoms with Crippen LogP contribution in [0.15, 0.2) is 6.20 Å². The van der Waals surface area contributed by atoms with Gasteiger partial charge in [0.2, 0.25) is 5.95 Å². The Morgan fingerprint density at radius 3 is 2.65 bits per heavy atom. The molecule has 0 radical (unpaired) electrons. The van der Waals surface area contributed by atoms with E-state index in [1.54, 1.807) is 0 Å². The molecule has 0 saturated carbocycles. The maximum absolute atomic E-state index is 10.6. The van der Waals surface area contributed by atoms with E-state index in [4.69, 9.17) is 0 Å². The lowest BCUT2D eigenvalue weighted by Gasteiger charge is -2.27. The minimum atomic E-state index is -0.671. The molecule has 0 unspecified atom stereocenters. The number of likely N-dealkylation sites (N-methyl/N-ethyl adjacent to an activating group) is 1. The SMILES string of the molecule is Cc1cnc(N2CC[C@@](O)(CN(C)C)C2)nc1N(C)C. The van der Waals surface area contributed by atoms with Crippen molar-refractivity contribution in [3.8, 4) is 0 Å². The molecule has 20 heavy (non-hydrogen) atoms. The molecule has 0 spiro atoms. The van der Waals surface area contributed by atoms with E-state index < -0.39 is 5.60 Å². The van der Waals surface area contributed by atoms with Crippen LogP contribution >= 0.6 is 0 Å². The van der Waals surface area contributed by atoms with Crippen molar-refractivity contribution >= 4 is 11.8 Å². The summed E-state index contributed by atoms with van der Waals surface area (Å²) < 4.78 is 0. The van der Waals surface area contributed by atoms with Gasteiger partial charge in [0.25, 0.3) is 0 Å². The van der Waals surface area contributed by atoms with Crippen LogP contribution in [0.2, 0.25) is 0 Å². The molecule has 1 aliphatic heterocycles. The third kappa shape index (κ3) is 3.19. The van der Waals surface area contributed by atoms with Crippen LogP contribution in [0.5, 0.6) is 0 Å². The number of hydrogen-bond acceptors (Lipinski definition) is 6. The number of aryl methyl sites for hydroxylation is 1. The van der Waals surface area contributed by atoms with Crippen molar-refractivity contribution in [1.29, 1.82) is 0 Å². The van der Waals surface area contributed by atoms with Gasteiger partial charge in [0.05, 0.1) is 12.1 Å². The van der Waals surface area contributed by atoms with E-state index in [0.717, 1.165) is 24.3 Å². The predicted molar refractivity (Wildman–Crippen MR) is 81.4 cm³/mol. The maximum Gasteiger partial charge on any atom is 0.227 e. The topological polar surface area (TPSA) is 55.7 Å². The highest BCUT2D eigenvalue weighted by Crippen LogP contribution is 2.26. The van der Waals surface area contributed by atoms with Crippen LogP contribution in [0.1, 0.15) is 12.0 Å². The molecule has 1 fully saturated rings. The second-order valence-electron chi connectivity index (χ2n) is 6.20. The van der Waals surface area contributed by atoms with Gasteiger partial charge in [0.1, 0.15) is 5.82 Å². The summed E-state index contributed by atoms with van der Waals surface area (Å²) in [6, 6.07) is 0. The zero-order valence-electron chi connectivity index (χ0n) is 13.1. The first kappa shape index (κ1) is 15.0. The smallest absolute Gasteiger partial charge is 0.227 e. The first-order valence-corrected chi connectivity index (χ1v) is 6.94. The van der Waals surface area contributed by atoms with Crippen LogP contribution in [0.3, 0.4) is 0 Å². The van der Waals surface area contributed by atoms with E-state index in [2.05, 4.69) is 14.9 Å². The fourth-order valence-electron chi connectivity index (χ4n) is 2.77. The number of aromatic nitrogens is 2. The zero-order valence-corrected chi connectivity index (χ0v) is 13.1. The first-order valence-electron chi connectivity index (χ1n) is 6.94. The third-order valence-electron chi connectivity index (χ3n) is 3.58. The zero-order chi connectivity index (χ0) is 14.9. The van der Waals surface area contributed by atoms with Crippen LogP contribution in [0, 0.1) is 6.92 Å². The van der Waals surface area contributed by atoms with E-state index in [-0.39, 0.29) is 0 Å². The summed E-state index contributed by atoms with van der Waals surface area (Å²) in [5, 5.41) is 10.6. The van der Waals surface area contributed by atoms with E-state index in [1.165, 1.54) is 0 Å². The number of hydrogen-bond donors (Lipinski definition) is 1. The number of aliphatic hydroxyl groups is 1. The van der Waals surface area contributed by atoms with Crippen LogP contribution in [-0.2, 0) is 0 Å². The summed E-state index contributed by atoms with van der Waals surface area (Å²) >= 11 is 0. The molecule has 1 aliphatic rings. The normalized spacial score (nSPS) is 22.6. The molecule has 2 rings (SSSR count). The fraction of sp³-hybridized carbons (Fsp3) is 0.714. The van der Waals surface area contributed by atoms with Gasteiger partial charge in [0, 0.05) is 38.9 Å². The Hall–Kier alpha value is -1.40. The molecule has 1 aromatic heterocycles. The molecule has 0 aliphatic carbocycles. The first-order chi connectivity index (χ1) is 9.31. The summed E-state index contributed by atoms with van der Waals surface area (Å²) in [5.41, 5.74) is 0.386. The number of nitrogens with zero attached hydrogens (tertiary/aromatic N) is 5. The Bertz CT molecular complexity index is 477. The maximum atomic E-state index is 10.6. The highest BCUT2D eigenvalue weighted by Gasteiger charge is 2.37. The minimum absolute atomic E-state index is 0.584. The second kappa shape index (κ2) is 5.54. The van der Waals surface area contributed by atoms with Crippen molar-refractivity contribution in [3.63, 3.8) is 0 Å². The predicted octanol–water partition coefficient (Wildman–Crippen LogP) is 0.354. The van der Waals surface area contributed by atoms with Gasteiger partial charge < -0.3 is 19.8 Å². The van der Waals surface area contributed by atoms with E-state index in [0.29, 0.717) is 19.0 Å². The summed E-state index contributed by atoms with van der Waals surface area (Å²) in [6.07, 6.45) is 2.60. The summed E-state index contributed by atoms with van der Waals surface area (Å²) in [6.45, 7) is 4.04. The fourth-order valence-corrected chi connectivity index (χ4v) is 2.77. The summed E-state index contributed by atoms with van der Waals surface area (Å²) in [5.74, 6) is 1.63. The van der Waals surface area contributed by atoms with Gasteiger partial charge >= 0.3 is 0 Å². The van der Waals surface area contributed by atoms with Gasteiger partial charge in [-0.05, 0) is 27.4 Å². The molecule has 0 bridgehead atoms. The van der Waals surface area contributed by atoms with Crippen LogP contribution in [-0.4, -0.2) is 73.4 Å². The molecule has 1 atom stereocenters. The lowest BCUT2D eigenvalue weighted by atomic mass is 10.0. The van der Waals surface area contributed by atoms with Crippen molar-refractivity contribution in [2.75, 3.05) is 57.6 Å². The third-order valence-corrected chi connectivity index (χ3v) is 3.58. The van der Waals surface area contributed by atoms with Crippen molar-refractivity contribution in [1.82, 2.24) is 14.9 Å². The van der Waals surface area contributed by atoms with Gasteiger partial charge in [-0.2, -0.15) is 4.98 Å².